The van der Waals surface area contributed by atoms with E-state index in [0.717, 1.165) is 12.3 Å². The van der Waals surface area contributed by atoms with Crippen LogP contribution < -0.4 is 9.57 Å². The lowest BCUT2D eigenvalue weighted by molar-refractivity contribution is -0.385. The number of aromatic hydroxyl groups is 1. The zero-order valence-corrected chi connectivity index (χ0v) is 13.9. The molecule has 0 aromatic heterocycles. The highest BCUT2D eigenvalue weighted by molar-refractivity contribution is 7.89. The van der Waals surface area contributed by atoms with E-state index in [4.69, 9.17) is 4.74 Å². The summed E-state index contributed by atoms with van der Waals surface area (Å²) in [5, 5.41) is 24.3. The zero-order valence-electron chi connectivity index (χ0n) is 13.1. The molecule has 0 aliphatic carbocycles. The molecule has 2 N–H and O–H groups in total. The number of para-hydroxylation sites is 1. The molecule has 2 rings (SSSR count). The molecule has 0 radical (unpaired) electrons. The van der Waals surface area contributed by atoms with Crippen molar-refractivity contribution >= 4 is 21.9 Å². The van der Waals surface area contributed by atoms with Gasteiger partial charge < -0.3 is 9.84 Å². The fraction of sp³-hybridized carbons (Fsp3) is 0.133. The van der Waals surface area contributed by atoms with Crippen LogP contribution in [-0.4, -0.2) is 31.3 Å². The van der Waals surface area contributed by atoms with E-state index in [1.807, 2.05) is 4.83 Å². The Morgan fingerprint density at radius 1 is 1.32 bits per heavy atom. The molecule has 0 aliphatic heterocycles. The first kappa shape index (κ1) is 18.2. The van der Waals surface area contributed by atoms with Gasteiger partial charge in [0.2, 0.25) is 0 Å². The molecule has 0 saturated heterocycles. The summed E-state index contributed by atoms with van der Waals surface area (Å²) in [6, 6.07) is 9.25. The van der Waals surface area contributed by atoms with Crippen molar-refractivity contribution in [2.45, 2.75) is 11.8 Å². The Kier molecular flexibility index (Phi) is 5.55. The molecule has 0 amide bonds. The van der Waals surface area contributed by atoms with E-state index in [1.54, 1.807) is 19.1 Å². The van der Waals surface area contributed by atoms with Crippen LogP contribution in [0.1, 0.15) is 12.5 Å². The summed E-state index contributed by atoms with van der Waals surface area (Å²) in [5.74, 6) is 0.0654. The Morgan fingerprint density at radius 2 is 2.04 bits per heavy atom. The number of hydrogen-bond donors (Lipinski definition) is 2. The second-order valence-corrected chi connectivity index (χ2v) is 6.40. The first-order valence-electron chi connectivity index (χ1n) is 7.09. The van der Waals surface area contributed by atoms with Gasteiger partial charge in [-0.1, -0.05) is 12.1 Å². The van der Waals surface area contributed by atoms with Gasteiger partial charge in [0.1, 0.15) is 0 Å². The number of phenols is 1. The maximum Gasteiger partial charge on any atom is 0.276 e. The molecule has 0 unspecified atom stereocenters. The quantitative estimate of drug-likeness (QED) is 0.438. The number of nitro benzene ring substituents is 1. The molecule has 0 atom stereocenters. The van der Waals surface area contributed by atoms with Gasteiger partial charge in [-0.15, -0.1) is 0 Å². The fourth-order valence-corrected chi connectivity index (χ4v) is 2.73. The van der Waals surface area contributed by atoms with Crippen molar-refractivity contribution in [3.63, 3.8) is 0 Å². The van der Waals surface area contributed by atoms with E-state index in [2.05, 4.69) is 5.10 Å². The molecule has 0 heterocycles. The van der Waals surface area contributed by atoms with Crippen LogP contribution in [0.5, 0.6) is 11.5 Å². The minimum atomic E-state index is -4.08. The van der Waals surface area contributed by atoms with Gasteiger partial charge in [0.25, 0.3) is 15.7 Å². The predicted octanol–water partition coefficient (Wildman–Crippen LogP) is 2.01. The highest BCUT2D eigenvalue weighted by Gasteiger charge is 2.16. The summed E-state index contributed by atoms with van der Waals surface area (Å²) in [4.78, 5) is 11.7. The number of nitrogens with one attached hydrogen (secondary N) is 1. The molecule has 0 bridgehead atoms. The van der Waals surface area contributed by atoms with Crippen molar-refractivity contribution in [2.24, 2.45) is 5.10 Å². The Hall–Kier alpha value is -3.14. The Morgan fingerprint density at radius 3 is 2.72 bits per heavy atom. The Bertz CT molecular complexity index is 911. The molecule has 0 fully saturated rings. The van der Waals surface area contributed by atoms with Crippen LogP contribution in [0.3, 0.4) is 0 Å². The second-order valence-electron chi connectivity index (χ2n) is 4.73. The average molecular weight is 365 g/mol. The van der Waals surface area contributed by atoms with Gasteiger partial charge in [0, 0.05) is 17.7 Å². The Labute approximate surface area is 143 Å². The first-order chi connectivity index (χ1) is 11.8. The van der Waals surface area contributed by atoms with E-state index >= 15 is 0 Å². The average Bonchev–Trinajstić information content (AvgIpc) is 2.58. The van der Waals surface area contributed by atoms with Crippen LogP contribution in [0.4, 0.5) is 5.69 Å². The number of ether oxygens (including phenoxy) is 1. The lowest BCUT2D eigenvalue weighted by Gasteiger charge is -2.07. The Balaban J connectivity index is 2.20. The van der Waals surface area contributed by atoms with Gasteiger partial charge in [-0.05, 0) is 25.1 Å². The van der Waals surface area contributed by atoms with Crippen molar-refractivity contribution in [1.82, 2.24) is 4.83 Å². The van der Waals surface area contributed by atoms with Crippen molar-refractivity contribution in [3.8, 4) is 11.5 Å². The maximum atomic E-state index is 12.1. The molecule has 25 heavy (non-hydrogen) atoms. The largest absolute Gasteiger partial charge is 0.504 e. The molecule has 2 aromatic rings. The zero-order chi connectivity index (χ0) is 18.4. The number of hydrogen-bond acceptors (Lipinski definition) is 7. The number of non-ortho nitro benzene ring substituents is 1. The standard InChI is InChI=1S/C15H15N3O6S/c1-2-24-14-8-3-5-11(15(14)19)10-16-17-25(22,23)13-7-4-6-12(9-13)18(20)21/h3-10,17,19H,2H2,1H3/b16-10-. The number of nitro groups is 1. The van der Waals surface area contributed by atoms with Gasteiger partial charge in [0.05, 0.1) is 22.6 Å². The summed E-state index contributed by atoms with van der Waals surface area (Å²) in [7, 11) is -4.08. The molecule has 2 aromatic carbocycles. The van der Waals surface area contributed by atoms with Gasteiger partial charge in [-0.3, -0.25) is 10.1 Å². The summed E-state index contributed by atoms with van der Waals surface area (Å²) >= 11 is 0. The van der Waals surface area contributed by atoms with Gasteiger partial charge >= 0.3 is 0 Å². The SMILES string of the molecule is CCOc1cccc(/C=N\NS(=O)(=O)c2cccc([N+](=O)[O-])c2)c1O. The van der Waals surface area contributed by atoms with Crippen LogP contribution in [0.15, 0.2) is 52.5 Å². The third-order valence-electron chi connectivity index (χ3n) is 3.05. The van der Waals surface area contributed by atoms with Crippen LogP contribution in [0.2, 0.25) is 0 Å². The third-order valence-corrected chi connectivity index (χ3v) is 4.27. The van der Waals surface area contributed by atoms with E-state index in [0.29, 0.717) is 6.61 Å². The first-order valence-corrected chi connectivity index (χ1v) is 8.57. The fourth-order valence-electron chi connectivity index (χ4n) is 1.90. The van der Waals surface area contributed by atoms with E-state index in [-0.39, 0.29) is 27.6 Å². The number of hydrazone groups is 1. The predicted molar refractivity (Wildman–Crippen MR) is 90.3 cm³/mol. The molecule has 0 saturated carbocycles. The van der Waals surface area contributed by atoms with Crippen LogP contribution in [-0.2, 0) is 10.0 Å². The molecular weight excluding hydrogens is 350 g/mol. The summed E-state index contributed by atoms with van der Waals surface area (Å²) in [5.41, 5.74) is -0.110. The van der Waals surface area contributed by atoms with Crippen molar-refractivity contribution in [2.75, 3.05) is 6.61 Å². The highest BCUT2D eigenvalue weighted by atomic mass is 32.2. The summed E-state index contributed by atoms with van der Waals surface area (Å²) in [6.07, 6.45) is 1.10. The van der Waals surface area contributed by atoms with Gasteiger partial charge in [0.15, 0.2) is 11.5 Å². The van der Waals surface area contributed by atoms with E-state index < -0.39 is 14.9 Å². The third kappa shape index (κ3) is 4.44. The van der Waals surface area contributed by atoms with Crippen LogP contribution in [0.25, 0.3) is 0 Å². The minimum absolute atomic E-state index is 0.178. The monoisotopic (exact) mass is 365 g/mol. The lowest BCUT2D eigenvalue weighted by Crippen LogP contribution is -2.18. The minimum Gasteiger partial charge on any atom is -0.504 e. The summed E-state index contributed by atoms with van der Waals surface area (Å²) in [6.45, 7) is 2.11. The van der Waals surface area contributed by atoms with Crippen molar-refractivity contribution in [1.29, 1.82) is 0 Å². The number of phenolic OH excluding ortho intramolecular Hbond substituents is 1. The van der Waals surface area contributed by atoms with E-state index in [1.165, 1.54) is 24.3 Å². The lowest BCUT2D eigenvalue weighted by atomic mass is 10.2. The normalized spacial score (nSPS) is 11.4. The number of sulfonamides is 1. The van der Waals surface area contributed by atoms with E-state index in [9.17, 15) is 23.6 Å². The topological polar surface area (TPSA) is 131 Å². The van der Waals surface area contributed by atoms with Crippen LogP contribution >= 0.6 is 0 Å². The number of rotatable bonds is 7. The van der Waals surface area contributed by atoms with Gasteiger partial charge in [-0.2, -0.15) is 13.5 Å². The van der Waals surface area contributed by atoms with Crippen LogP contribution in [0, 0.1) is 10.1 Å². The second kappa shape index (κ2) is 7.62. The molecule has 0 aliphatic rings. The summed E-state index contributed by atoms with van der Waals surface area (Å²) < 4.78 is 29.4. The molecular formula is C15H15N3O6S. The van der Waals surface area contributed by atoms with Gasteiger partial charge in [-0.25, -0.2) is 4.83 Å². The maximum absolute atomic E-state index is 12.1. The molecule has 0 spiro atoms. The highest BCUT2D eigenvalue weighted by Crippen LogP contribution is 2.28. The smallest absolute Gasteiger partial charge is 0.276 e. The molecule has 9 nitrogen and oxygen atoms in total. The number of benzene rings is 2. The van der Waals surface area contributed by atoms with Crippen molar-refractivity contribution in [3.05, 3.63) is 58.1 Å². The number of nitrogens with zero attached hydrogens (tertiary/aromatic N) is 2. The molecule has 10 heteroatoms. The van der Waals surface area contributed by atoms with Crippen molar-refractivity contribution < 1.29 is 23.2 Å². The molecule has 132 valence electrons.